The molecular formula is C9H8BrFO3. The zero-order chi connectivity index (χ0) is 10.7. The lowest BCUT2D eigenvalue weighted by molar-refractivity contribution is 0.101. The van der Waals surface area contributed by atoms with E-state index in [0.29, 0.717) is 0 Å². The fourth-order valence-electron chi connectivity index (χ4n) is 1.03. The Labute approximate surface area is 88.6 Å². The lowest BCUT2D eigenvalue weighted by Gasteiger charge is -2.06. The number of ketones is 1. The number of hydrogen-bond donors (Lipinski definition) is 1. The van der Waals surface area contributed by atoms with Crippen LogP contribution in [0.15, 0.2) is 12.1 Å². The standard InChI is InChI=1S/C9H8BrFO3/c1-14-5-2-6(11)9(7(12)3-5)8(13)4-10/h2-3,12H,4H2,1H3. The van der Waals surface area contributed by atoms with Gasteiger partial charge >= 0.3 is 0 Å². The molecule has 0 atom stereocenters. The van der Waals surface area contributed by atoms with Crippen LogP contribution in [0.4, 0.5) is 4.39 Å². The summed E-state index contributed by atoms with van der Waals surface area (Å²) >= 11 is 2.90. The minimum absolute atomic E-state index is 0.0379. The maximum Gasteiger partial charge on any atom is 0.180 e. The number of rotatable bonds is 3. The van der Waals surface area contributed by atoms with E-state index >= 15 is 0 Å². The summed E-state index contributed by atoms with van der Waals surface area (Å²) in [7, 11) is 1.35. The van der Waals surface area contributed by atoms with Crippen LogP contribution in [0.5, 0.6) is 11.5 Å². The molecule has 0 saturated heterocycles. The average molecular weight is 263 g/mol. The number of carbonyl (C=O) groups is 1. The van der Waals surface area contributed by atoms with Gasteiger partial charge in [0.25, 0.3) is 0 Å². The Balaban J connectivity index is 3.25. The molecule has 0 fully saturated rings. The highest BCUT2D eigenvalue weighted by Crippen LogP contribution is 2.27. The van der Waals surface area contributed by atoms with E-state index in [1.165, 1.54) is 13.2 Å². The van der Waals surface area contributed by atoms with Crippen molar-refractivity contribution in [2.75, 3.05) is 12.4 Å². The number of methoxy groups -OCH3 is 1. The molecule has 1 N–H and O–H groups in total. The molecule has 0 unspecified atom stereocenters. The first kappa shape index (κ1) is 11.0. The van der Waals surface area contributed by atoms with E-state index in [2.05, 4.69) is 15.9 Å². The molecule has 5 heteroatoms. The molecule has 0 bridgehead atoms. The van der Waals surface area contributed by atoms with Gasteiger partial charge in [-0.15, -0.1) is 0 Å². The van der Waals surface area contributed by atoms with Crippen LogP contribution in [0.2, 0.25) is 0 Å². The fraction of sp³-hybridized carbons (Fsp3) is 0.222. The normalized spacial score (nSPS) is 9.93. The summed E-state index contributed by atoms with van der Waals surface area (Å²) in [5, 5.41) is 9.31. The molecule has 0 aliphatic carbocycles. The maximum atomic E-state index is 13.3. The van der Waals surface area contributed by atoms with Gasteiger partial charge in [-0.05, 0) is 0 Å². The summed E-state index contributed by atoms with van der Waals surface area (Å²) < 4.78 is 18.0. The lowest BCUT2D eigenvalue weighted by Crippen LogP contribution is -2.04. The van der Waals surface area contributed by atoms with Gasteiger partial charge < -0.3 is 9.84 Å². The van der Waals surface area contributed by atoms with Crippen LogP contribution < -0.4 is 4.74 Å². The molecule has 0 aromatic heterocycles. The van der Waals surface area contributed by atoms with Gasteiger partial charge in [0, 0.05) is 12.1 Å². The zero-order valence-electron chi connectivity index (χ0n) is 7.38. The van der Waals surface area contributed by atoms with Crippen LogP contribution in [0.25, 0.3) is 0 Å². The number of carbonyl (C=O) groups excluding carboxylic acids is 1. The van der Waals surface area contributed by atoms with Crippen LogP contribution in [0, 0.1) is 5.82 Å². The molecule has 14 heavy (non-hydrogen) atoms. The molecule has 1 rings (SSSR count). The molecule has 0 spiro atoms. The number of Topliss-reactive ketones (excluding diaryl/α,β-unsaturated/α-hetero) is 1. The molecule has 0 amide bonds. The third kappa shape index (κ3) is 2.04. The van der Waals surface area contributed by atoms with Gasteiger partial charge in [0.05, 0.1) is 18.0 Å². The molecule has 3 nitrogen and oxygen atoms in total. The molecule has 1 aromatic rings. The topological polar surface area (TPSA) is 46.5 Å². The van der Waals surface area contributed by atoms with E-state index in [4.69, 9.17) is 4.74 Å². The van der Waals surface area contributed by atoms with E-state index in [-0.39, 0.29) is 16.6 Å². The van der Waals surface area contributed by atoms with E-state index in [9.17, 15) is 14.3 Å². The predicted octanol–water partition coefficient (Wildman–Crippen LogP) is 2.12. The van der Waals surface area contributed by atoms with Crippen molar-refractivity contribution in [3.05, 3.63) is 23.5 Å². The Bertz CT molecular complexity index is 342. The second-order valence-electron chi connectivity index (χ2n) is 2.56. The Hall–Kier alpha value is -1.10. The first-order valence-corrected chi connectivity index (χ1v) is 4.88. The minimum atomic E-state index is -0.786. The molecule has 0 heterocycles. The summed E-state index contributed by atoms with van der Waals surface area (Å²) in [5.41, 5.74) is -0.317. The number of phenols is 1. The highest BCUT2D eigenvalue weighted by molar-refractivity contribution is 9.09. The van der Waals surface area contributed by atoms with E-state index in [1.807, 2.05) is 0 Å². The average Bonchev–Trinajstić information content (AvgIpc) is 2.16. The van der Waals surface area contributed by atoms with Crippen molar-refractivity contribution in [2.24, 2.45) is 0 Å². The molecule has 0 aliphatic rings. The van der Waals surface area contributed by atoms with E-state index in [0.717, 1.165) is 6.07 Å². The van der Waals surface area contributed by atoms with Crippen LogP contribution in [0.1, 0.15) is 10.4 Å². The van der Waals surface area contributed by atoms with Gasteiger partial charge in [-0.25, -0.2) is 4.39 Å². The van der Waals surface area contributed by atoms with E-state index in [1.54, 1.807) is 0 Å². The summed E-state index contributed by atoms with van der Waals surface area (Å²) in [6.45, 7) is 0. The van der Waals surface area contributed by atoms with Crippen molar-refractivity contribution in [1.29, 1.82) is 0 Å². The van der Waals surface area contributed by atoms with Gasteiger partial charge in [0.2, 0.25) is 0 Å². The summed E-state index contributed by atoms with van der Waals surface area (Å²) in [6.07, 6.45) is 0. The Kier molecular flexibility index (Phi) is 3.46. The Morgan fingerprint density at radius 2 is 2.29 bits per heavy atom. The number of benzene rings is 1. The summed E-state index contributed by atoms with van der Waals surface area (Å²) in [6, 6.07) is 2.24. The Morgan fingerprint density at radius 1 is 1.64 bits per heavy atom. The van der Waals surface area contributed by atoms with Gasteiger partial charge in [-0.1, -0.05) is 15.9 Å². The molecule has 1 aromatic carbocycles. The minimum Gasteiger partial charge on any atom is -0.507 e. The van der Waals surface area contributed by atoms with Gasteiger partial charge in [-0.2, -0.15) is 0 Å². The second kappa shape index (κ2) is 4.41. The fourth-order valence-corrected chi connectivity index (χ4v) is 1.31. The third-order valence-electron chi connectivity index (χ3n) is 1.68. The first-order chi connectivity index (χ1) is 6.60. The summed E-state index contributed by atoms with van der Waals surface area (Å²) in [4.78, 5) is 11.2. The third-order valence-corrected chi connectivity index (χ3v) is 2.19. The maximum absolute atomic E-state index is 13.3. The van der Waals surface area contributed by atoms with Crippen LogP contribution in [-0.2, 0) is 0 Å². The van der Waals surface area contributed by atoms with Crippen molar-refractivity contribution in [2.45, 2.75) is 0 Å². The van der Waals surface area contributed by atoms with Crippen LogP contribution in [-0.4, -0.2) is 23.3 Å². The molecule has 0 saturated carbocycles. The van der Waals surface area contributed by atoms with Crippen LogP contribution in [0.3, 0.4) is 0 Å². The largest absolute Gasteiger partial charge is 0.507 e. The molecule has 0 aliphatic heterocycles. The lowest BCUT2D eigenvalue weighted by atomic mass is 10.1. The van der Waals surface area contributed by atoms with Crippen molar-refractivity contribution >= 4 is 21.7 Å². The first-order valence-electron chi connectivity index (χ1n) is 3.75. The number of hydrogen-bond acceptors (Lipinski definition) is 3. The number of aromatic hydroxyl groups is 1. The molecular weight excluding hydrogens is 255 g/mol. The number of phenolic OH excluding ortho intramolecular Hbond substituents is 1. The monoisotopic (exact) mass is 262 g/mol. The highest BCUT2D eigenvalue weighted by atomic mass is 79.9. The van der Waals surface area contributed by atoms with Crippen molar-refractivity contribution in [3.8, 4) is 11.5 Å². The van der Waals surface area contributed by atoms with Gasteiger partial charge in [-0.3, -0.25) is 4.79 Å². The zero-order valence-corrected chi connectivity index (χ0v) is 8.97. The number of halogens is 2. The van der Waals surface area contributed by atoms with Crippen molar-refractivity contribution < 1.29 is 19.0 Å². The predicted molar refractivity (Wildman–Crippen MR) is 52.7 cm³/mol. The number of alkyl halides is 1. The van der Waals surface area contributed by atoms with Crippen LogP contribution >= 0.6 is 15.9 Å². The van der Waals surface area contributed by atoms with E-state index < -0.39 is 17.3 Å². The van der Waals surface area contributed by atoms with Crippen molar-refractivity contribution in [3.63, 3.8) is 0 Å². The highest BCUT2D eigenvalue weighted by Gasteiger charge is 2.17. The number of ether oxygens (including phenoxy) is 1. The molecule has 0 radical (unpaired) electrons. The molecule has 76 valence electrons. The smallest absolute Gasteiger partial charge is 0.180 e. The SMILES string of the molecule is COc1cc(O)c(C(=O)CBr)c(F)c1. The van der Waals surface area contributed by atoms with Gasteiger partial charge in [0.1, 0.15) is 17.3 Å². The Morgan fingerprint density at radius 3 is 2.71 bits per heavy atom. The quantitative estimate of drug-likeness (QED) is 0.671. The van der Waals surface area contributed by atoms with Crippen molar-refractivity contribution in [1.82, 2.24) is 0 Å². The van der Waals surface area contributed by atoms with Gasteiger partial charge in [0.15, 0.2) is 5.78 Å². The summed E-state index contributed by atoms with van der Waals surface area (Å²) in [5.74, 6) is -1.54. The second-order valence-corrected chi connectivity index (χ2v) is 3.12.